The highest BCUT2D eigenvalue weighted by molar-refractivity contribution is 6.30. The van der Waals surface area contributed by atoms with Crippen LogP contribution in [0.1, 0.15) is 31.1 Å². The molecule has 1 amide bonds. The second-order valence-electron chi connectivity index (χ2n) is 6.14. The summed E-state index contributed by atoms with van der Waals surface area (Å²) in [5.74, 6) is -0.145. The van der Waals surface area contributed by atoms with Gasteiger partial charge < -0.3 is 10.1 Å². The summed E-state index contributed by atoms with van der Waals surface area (Å²) in [6.07, 6.45) is -0.605. The third-order valence-corrected chi connectivity index (χ3v) is 4.12. The molecule has 0 fully saturated rings. The van der Waals surface area contributed by atoms with Crippen LogP contribution < -0.4 is 5.32 Å². The molecule has 0 radical (unpaired) electrons. The van der Waals surface area contributed by atoms with Crippen LogP contribution in [-0.4, -0.2) is 19.6 Å². The van der Waals surface area contributed by atoms with Gasteiger partial charge in [0.05, 0.1) is 0 Å². The lowest BCUT2D eigenvalue weighted by molar-refractivity contribution is -0.131. The van der Waals surface area contributed by atoms with Crippen molar-refractivity contribution < 1.29 is 9.53 Å². The van der Waals surface area contributed by atoms with Gasteiger partial charge in [-0.05, 0) is 23.3 Å². The van der Waals surface area contributed by atoms with Crippen molar-refractivity contribution in [1.82, 2.24) is 5.32 Å². The van der Waals surface area contributed by atoms with Crippen LogP contribution in [-0.2, 0) is 14.9 Å². The largest absolute Gasteiger partial charge is 0.367 e. The molecule has 0 aliphatic heterocycles. The lowest BCUT2D eigenvalue weighted by Gasteiger charge is -2.27. The average molecular weight is 332 g/mol. The van der Waals surface area contributed by atoms with Crippen LogP contribution in [0.3, 0.4) is 0 Å². The molecule has 1 atom stereocenters. The molecule has 3 nitrogen and oxygen atoms in total. The Morgan fingerprint density at radius 1 is 1.17 bits per heavy atom. The molecule has 0 heterocycles. The van der Waals surface area contributed by atoms with Gasteiger partial charge >= 0.3 is 0 Å². The van der Waals surface area contributed by atoms with Crippen molar-refractivity contribution in [2.75, 3.05) is 13.7 Å². The van der Waals surface area contributed by atoms with Crippen LogP contribution >= 0.6 is 11.6 Å². The summed E-state index contributed by atoms with van der Waals surface area (Å²) >= 11 is 6.06. The molecule has 122 valence electrons. The molecular formula is C19H22ClNO2. The first-order valence-corrected chi connectivity index (χ1v) is 7.93. The van der Waals surface area contributed by atoms with Crippen molar-refractivity contribution in [1.29, 1.82) is 0 Å². The maximum absolute atomic E-state index is 12.5. The first-order chi connectivity index (χ1) is 10.9. The number of halogens is 1. The summed E-state index contributed by atoms with van der Waals surface area (Å²) < 4.78 is 5.36. The second kappa shape index (κ2) is 7.62. The summed E-state index contributed by atoms with van der Waals surface area (Å²) in [5, 5.41) is 3.68. The number of rotatable bonds is 6. The zero-order chi connectivity index (χ0) is 16.9. The van der Waals surface area contributed by atoms with Crippen molar-refractivity contribution in [3.63, 3.8) is 0 Å². The van der Waals surface area contributed by atoms with Gasteiger partial charge in [0.2, 0.25) is 0 Å². The normalized spacial score (nSPS) is 12.7. The van der Waals surface area contributed by atoms with Crippen LogP contribution in [0.4, 0.5) is 0 Å². The average Bonchev–Trinajstić information content (AvgIpc) is 2.55. The first-order valence-electron chi connectivity index (χ1n) is 7.55. The van der Waals surface area contributed by atoms with Gasteiger partial charge in [0.1, 0.15) is 0 Å². The molecule has 0 saturated heterocycles. The van der Waals surface area contributed by atoms with E-state index in [4.69, 9.17) is 16.3 Å². The zero-order valence-corrected chi connectivity index (χ0v) is 14.4. The van der Waals surface area contributed by atoms with Crippen LogP contribution in [0.2, 0.25) is 5.02 Å². The van der Waals surface area contributed by atoms with E-state index in [9.17, 15) is 4.79 Å². The minimum absolute atomic E-state index is 0.145. The minimum atomic E-state index is -0.605. The number of nitrogens with one attached hydrogen (secondary N) is 1. The molecule has 2 aromatic carbocycles. The van der Waals surface area contributed by atoms with Crippen LogP contribution in [0.25, 0.3) is 0 Å². The van der Waals surface area contributed by atoms with Gasteiger partial charge in [0.15, 0.2) is 6.10 Å². The third kappa shape index (κ3) is 4.57. The maximum atomic E-state index is 12.5. The molecule has 0 aliphatic rings. The predicted molar refractivity (Wildman–Crippen MR) is 93.7 cm³/mol. The van der Waals surface area contributed by atoms with Gasteiger partial charge in [0.25, 0.3) is 5.91 Å². The van der Waals surface area contributed by atoms with Gasteiger partial charge in [0, 0.05) is 24.1 Å². The summed E-state index contributed by atoms with van der Waals surface area (Å²) in [4.78, 5) is 12.5. The van der Waals surface area contributed by atoms with E-state index in [0.717, 1.165) is 11.1 Å². The molecule has 23 heavy (non-hydrogen) atoms. The quantitative estimate of drug-likeness (QED) is 0.864. The highest BCUT2D eigenvalue weighted by Crippen LogP contribution is 2.25. The maximum Gasteiger partial charge on any atom is 0.253 e. The van der Waals surface area contributed by atoms with Crippen LogP contribution in [0.15, 0.2) is 54.6 Å². The molecule has 0 unspecified atom stereocenters. The second-order valence-corrected chi connectivity index (χ2v) is 6.57. The molecule has 0 aliphatic carbocycles. The van der Waals surface area contributed by atoms with E-state index in [1.54, 1.807) is 7.11 Å². The Balaban J connectivity index is 2.05. The first kappa shape index (κ1) is 17.5. The lowest BCUT2D eigenvalue weighted by Crippen LogP contribution is -2.39. The SMILES string of the molecule is CO[C@@H](C(=O)NCC(C)(C)c1cccc(Cl)c1)c1ccccc1. The molecular weight excluding hydrogens is 310 g/mol. The van der Waals surface area contributed by atoms with Crippen LogP contribution in [0, 0.1) is 0 Å². The number of hydrogen-bond acceptors (Lipinski definition) is 2. The van der Waals surface area contributed by atoms with Gasteiger partial charge in [-0.3, -0.25) is 4.79 Å². The Morgan fingerprint density at radius 3 is 2.48 bits per heavy atom. The number of carbonyl (C=O) groups excluding carboxylic acids is 1. The van der Waals surface area contributed by atoms with Crippen molar-refractivity contribution in [2.45, 2.75) is 25.4 Å². The monoisotopic (exact) mass is 331 g/mol. The molecule has 0 saturated carbocycles. The van der Waals surface area contributed by atoms with E-state index in [1.807, 2.05) is 54.6 Å². The Kier molecular flexibility index (Phi) is 5.80. The molecule has 4 heteroatoms. The van der Waals surface area contributed by atoms with Crippen molar-refractivity contribution in [3.8, 4) is 0 Å². The number of ether oxygens (including phenoxy) is 1. The third-order valence-electron chi connectivity index (χ3n) is 3.89. The van der Waals surface area contributed by atoms with E-state index in [-0.39, 0.29) is 11.3 Å². The fourth-order valence-corrected chi connectivity index (χ4v) is 2.62. The van der Waals surface area contributed by atoms with Crippen LogP contribution in [0.5, 0.6) is 0 Å². The van der Waals surface area contributed by atoms with E-state index in [0.29, 0.717) is 11.6 Å². The number of amides is 1. The Hall–Kier alpha value is -1.84. The zero-order valence-electron chi connectivity index (χ0n) is 13.7. The number of carbonyl (C=O) groups is 1. The number of hydrogen-bond donors (Lipinski definition) is 1. The fourth-order valence-electron chi connectivity index (χ4n) is 2.43. The molecule has 0 aromatic heterocycles. The smallest absolute Gasteiger partial charge is 0.253 e. The van der Waals surface area contributed by atoms with E-state index in [1.165, 1.54) is 0 Å². The highest BCUT2D eigenvalue weighted by Gasteiger charge is 2.25. The molecule has 2 aromatic rings. The van der Waals surface area contributed by atoms with E-state index < -0.39 is 6.10 Å². The summed E-state index contributed by atoms with van der Waals surface area (Å²) in [5.41, 5.74) is 1.70. The van der Waals surface area contributed by atoms with Crippen molar-refractivity contribution >= 4 is 17.5 Å². The van der Waals surface area contributed by atoms with Gasteiger partial charge in [-0.2, -0.15) is 0 Å². The number of methoxy groups -OCH3 is 1. The summed E-state index contributed by atoms with van der Waals surface area (Å²) in [6, 6.07) is 17.2. The fraction of sp³-hybridized carbons (Fsp3) is 0.316. The Morgan fingerprint density at radius 2 is 1.87 bits per heavy atom. The highest BCUT2D eigenvalue weighted by atomic mass is 35.5. The molecule has 0 bridgehead atoms. The lowest BCUT2D eigenvalue weighted by atomic mass is 9.84. The molecule has 0 spiro atoms. The summed E-state index contributed by atoms with van der Waals surface area (Å²) in [6.45, 7) is 4.64. The van der Waals surface area contributed by atoms with E-state index >= 15 is 0 Å². The van der Waals surface area contributed by atoms with E-state index in [2.05, 4.69) is 19.2 Å². The standard InChI is InChI=1S/C19H22ClNO2/c1-19(2,15-10-7-11-16(20)12-15)13-21-18(22)17(23-3)14-8-5-4-6-9-14/h4-12,17H,13H2,1-3H3,(H,21,22)/t17-/m1/s1. The predicted octanol–water partition coefficient (Wildman–Crippen LogP) is 4.12. The van der Waals surface area contributed by atoms with Gasteiger partial charge in [-0.1, -0.05) is 67.9 Å². The molecule has 1 N–H and O–H groups in total. The number of benzene rings is 2. The van der Waals surface area contributed by atoms with Gasteiger partial charge in [-0.25, -0.2) is 0 Å². The van der Waals surface area contributed by atoms with Gasteiger partial charge in [-0.15, -0.1) is 0 Å². The van der Waals surface area contributed by atoms with Crippen molar-refractivity contribution in [3.05, 3.63) is 70.7 Å². The van der Waals surface area contributed by atoms with Crippen molar-refractivity contribution in [2.24, 2.45) is 0 Å². The molecule has 2 rings (SSSR count). The Bertz CT molecular complexity index is 655. The summed E-state index contributed by atoms with van der Waals surface area (Å²) in [7, 11) is 1.54. The topological polar surface area (TPSA) is 38.3 Å². The Labute approximate surface area is 142 Å². The minimum Gasteiger partial charge on any atom is -0.367 e.